The molecule has 3 fully saturated rings. The van der Waals surface area contributed by atoms with Crippen LogP contribution in [-0.2, 0) is 34.6 Å². The van der Waals surface area contributed by atoms with Crippen LogP contribution >= 0.6 is 0 Å². The molecule has 4 aliphatic heterocycles. The predicted octanol–water partition coefficient (Wildman–Crippen LogP) is 3.94. The molecule has 5 aliphatic rings. The first-order chi connectivity index (χ1) is 21.4. The number of nitrogens with zero attached hydrogens (tertiary/aromatic N) is 5. The Morgan fingerprint density at radius 1 is 1.20 bits per heavy atom. The third kappa shape index (κ3) is 5.19. The summed E-state index contributed by atoms with van der Waals surface area (Å²) in [5, 5.41) is 10.1. The van der Waals surface area contributed by atoms with E-state index in [2.05, 4.69) is 4.90 Å². The Bertz CT molecular complexity index is 1530. The lowest BCUT2D eigenvalue weighted by Crippen LogP contribution is -2.53. The lowest BCUT2D eigenvalue weighted by Gasteiger charge is -2.45. The normalized spacial score (nSPS) is 27.9. The van der Waals surface area contributed by atoms with Gasteiger partial charge in [0.25, 0.3) is 0 Å². The summed E-state index contributed by atoms with van der Waals surface area (Å²) in [5.41, 5.74) is 8.37. The number of primary amides is 1. The Labute approximate surface area is 262 Å². The minimum absolute atomic E-state index is 0.245. The van der Waals surface area contributed by atoms with E-state index < -0.39 is 23.4 Å². The number of anilines is 2. The van der Waals surface area contributed by atoms with Crippen LogP contribution < -0.4 is 20.3 Å². The maximum absolute atomic E-state index is 14.5. The van der Waals surface area contributed by atoms with Crippen LogP contribution in [0, 0.1) is 5.92 Å². The molecule has 0 unspecified atom stereocenters. The summed E-state index contributed by atoms with van der Waals surface area (Å²) < 4.78 is 27.6. The largest absolute Gasteiger partial charge is 0.465 e. The Balaban J connectivity index is 1.24. The number of ether oxygens (including phenoxy) is 2. The van der Waals surface area contributed by atoms with Gasteiger partial charge in [-0.05, 0) is 82.7 Å². The summed E-state index contributed by atoms with van der Waals surface area (Å²) in [5.74, 6) is 0.112. The van der Waals surface area contributed by atoms with Crippen LogP contribution in [0.4, 0.5) is 20.7 Å². The van der Waals surface area contributed by atoms with Gasteiger partial charge in [-0.3, -0.25) is 14.6 Å². The van der Waals surface area contributed by atoms with Crippen LogP contribution in [0.25, 0.3) is 0 Å². The molecule has 0 saturated carbocycles. The zero-order valence-corrected chi connectivity index (χ0v) is 26.4. The Morgan fingerprint density at radius 2 is 2.00 bits per heavy atom. The lowest BCUT2D eigenvalue weighted by atomic mass is 9.74. The van der Waals surface area contributed by atoms with Crippen LogP contribution in [0.2, 0.25) is 0 Å². The van der Waals surface area contributed by atoms with Crippen molar-refractivity contribution in [3.63, 3.8) is 0 Å². The molecule has 1 aliphatic carbocycles. The molecular weight excluding hydrogens is 579 g/mol. The smallest absolute Gasteiger partial charge is 0.412 e. The third-order valence-electron chi connectivity index (χ3n) is 10.5. The van der Waals surface area contributed by atoms with Gasteiger partial charge in [0.2, 0.25) is 5.91 Å². The monoisotopic (exact) mass is 622 g/mol. The molecule has 45 heavy (non-hydrogen) atoms. The van der Waals surface area contributed by atoms with Gasteiger partial charge in [-0.15, -0.1) is 0 Å². The number of benzene rings is 1. The van der Waals surface area contributed by atoms with E-state index in [-0.39, 0.29) is 30.0 Å². The maximum Gasteiger partial charge on any atom is 0.412 e. The number of halogens is 1. The highest BCUT2D eigenvalue weighted by molar-refractivity contribution is 5.88. The van der Waals surface area contributed by atoms with Crippen molar-refractivity contribution in [2.75, 3.05) is 42.6 Å². The topological polar surface area (TPSA) is 134 Å². The molecule has 5 heterocycles. The average Bonchev–Trinajstić information content (AvgIpc) is 3.46. The van der Waals surface area contributed by atoms with Crippen LogP contribution in [-0.4, -0.2) is 82.0 Å². The van der Waals surface area contributed by atoms with Crippen molar-refractivity contribution in [3.05, 3.63) is 40.6 Å². The van der Waals surface area contributed by atoms with E-state index in [9.17, 15) is 19.1 Å². The number of hydrogen-bond donors (Lipinski definition) is 2. The van der Waals surface area contributed by atoms with E-state index in [0.29, 0.717) is 50.6 Å². The number of aromatic nitrogens is 2. The molecule has 3 atom stereocenters. The summed E-state index contributed by atoms with van der Waals surface area (Å²) in [7, 11) is 0. The van der Waals surface area contributed by atoms with Gasteiger partial charge in [-0.2, -0.15) is 9.97 Å². The number of alkyl halides is 1. The number of amides is 2. The van der Waals surface area contributed by atoms with E-state index in [1.54, 1.807) is 0 Å². The molecule has 1 aromatic heterocycles. The van der Waals surface area contributed by atoms with Crippen molar-refractivity contribution in [3.8, 4) is 6.01 Å². The molecule has 12 heteroatoms. The highest BCUT2D eigenvalue weighted by Crippen LogP contribution is 2.48. The van der Waals surface area contributed by atoms with Gasteiger partial charge in [-0.25, -0.2) is 9.18 Å². The number of nitrogens with two attached hydrogens (primary N) is 1. The van der Waals surface area contributed by atoms with Crippen LogP contribution in [0.15, 0.2) is 18.2 Å². The number of carbonyl (C=O) groups excluding carboxylic acids is 1. The first-order valence-electron chi connectivity index (χ1n) is 16.1. The van der Waals surface area contributed by atoms with Gasteiger partial charge in [0.1, 0.15) is 18.6 Å². The second-order valence-electron chi connectivity index (χ2n) is 14.6. The van der Waals surface area contributed by atoms with E-state index >= 15 is 0 Å². The van der Waals surface area contributed by atoms with Gasteiger partial charge in [-0.1, -0.05) is 6.07 Å². The Morgan fingerprint density at radius 3 is 2.73 bits per heavy atom. The van der Waals surface area contributed by atoms with Crippen molar-refractivity contribution in [1.82, 2.24) is 14.9 Å². The minimum Gasteiger partial charge on any atom is -0.465 e. The van der Waals surface area contributed by atoms with Crippen LogP contribution in [0.3, 0.4) is 0 Å². The SMILES string of the molecule is CC(C)(C)N(C(=O)O)c1ccc2c(c1)[C@]1(CCC2)Cc2nc(OC[C@@]34CCCN3C[C@H](F)C4)nc(N3CC(C(N)=O)C3)c2CO1. The standard InChI is InChI=1S/C33H43FN6O5/c1-31(2,3)40(30(42)43)23-8-7-20-6-4-10-33(25(20)12-23)14-26-24(18-45-33)28(38-15-21(16-38)27(35)41)37-29(36-26)44-19-32-9-5-11-39(32)17-22(34)13-32/h7-8,12,21-22H,4-6,9-11,13-19H2,1-3H3,(H2,35,41)(H,42,43)/t22-,32+,33+/m1/s1. The molecule has 1 spiro atoms. The molecule has 0 bridgehead atoms. The first kappa shape index (κ1) is 30.2. The molecule has 3 saturated heterocycles. The van der Waals surface area contributed by atoms with E-state index in [1.165, 1.54) is 4.90 Å². The average molecular weight is 623 g/mol. The molecular formula is C33H43FN6O5. The molecule has 2 aromatic rings. The van der Waals surface area contributed by atoms with Crippen molar-refractivity contribution in [1.29, 1.82) is 0 Å². The van der Waals surface area contributed by atoms with E-state index in [4.69, 9.17) is 25.2 Å². The molecule has 2 amide bonds. The fourth-order valence-electron chi connectivity index (χ4n) is 8.29. The third-order valence-corrected chi connectivity index (χ3v) is 10.5. The first-order valence-corrected chi connectivity index (χ1v) is 16.1. The zero-order valence-electron chi connectivity index (χ0n) is 26.4. The zero-order chi connectivity index (χ0) is 31.7. The van der Waals surface area contributed by atoms with Gasteiger partial charge >= 0.3 is 12.1 Å². The van der Waals surface area contributed by atoms with Crippen molar-refractivity contribution < 1.29 is 28.6 Å². The maximum atomic E-state index is 14.5. The number of fused-ring (bicyclic) bond motifs is 4. The lowest BCUT2D eigenvalue weighted by molar-refractivity contribution is -0.122. The highest BCUT2D eigenvalue weighted by atomic mass is 19.1. The fourth-order valence-corrected chi connectivity index (χ4v) is 8.29. The summed E-state index contributed by atoms with van der Waals surface area (Å²) in [6, 6.07) is 6.15. The number of aryl methyl sites for hydroxylation is 1. The quantitative estimate of drug-likeness (QED) is 0.491. The van der Waals surface area contributed by atoms with Gasteiger partial charge < -0.3 is 25.2 Å². The second kappa shape index (κ2) is 10.8. The van der Waals surface area contributed by atoms with Gasteiger partial charge in [0.05, 0.1) is 29.4 Å². The predicted molar refractivity (Wildman–Crippen MR) is 165 cm³/mol. The summed E-state index contributed by atoms with van der Waals surface area (Å²) in [4.78, 5) is 39.6. The molecule has 11 nitrogen and oxygen atoms in total. The second-order valence-corrected chi connectivity index (χ2v) is 14.6. The Kier molecular flexibility index (Phi) is 7.23. The number of hydrogen-bond acceptors (Lipinski definition) is 8. The molecule has 7 rings (SSSR count). The van der Waals surface area contributed by atoms with Crippen LogP contribution in [0.1, 0.15) is 75.3 Å². The molecule has 242 valence electrons. The van der Waals surface area contributed by atoms with Crippen molar-refractivity contribution in [2.24, 2.45) is 11.7 Å². The van der Waals surface area contributed by atoms with Crippen molar-refractivity contribution in [2.45, 2.75) is 95.2 Å². The summed E-state index contributed by atoms with van der Waals surface area (Å²) in [6.45, 7) is 8.49. The summed E-state index contributed by atoms with van der Waals surface area (Å²) in [6.07, 6.45) is 3.55. The summed E-state index contributed by atoms with van der Waals surface area (Å²) >= 11 is 0. The molecule has 0 radical (unpaired) electrons. The number of carbonyl (C=O) groups is 2. The van der Waals surface area contributed by atoms with Crippen molar-refractivity contribution >= 4 is 23.5 Å². The minimum atomic E-state index is -1.01. The molecule has 3 N–H and O–H groups in total. The van der Waals surface area contributed by atoms with E-state index in [0.717, 1.165) is 61.0 Å². The molecule has 1 aromatic carbocycles. The highest BCUT2D eigenvalue weighted by Gasteiger charge is 2.50. The number of rotatable bonds is 6. The van der Waals surface area contributed by atoms with E-state index in [1.807, 2.05) is 43.9 Å². The fraction of sp³-hybridized carbons (Fsp3) is 0.636. The van der Waals surface area contributed by atoms with Gasteiger partial charge in [0, 0.05) is 49.3 Å². The Hall–Kier alpha value is -3.51. The van der Waals surface area contributed by atoms with Crippen LogP contribution in [0.5, 0.6) is 6.01 Å². The van der Waals surface area contributed by atoms with Gasteiger partial charge in [0.15, 0.2) is 0 Å². The number of carboxylic acid groups (broad SMARTS) is 1.